The molecule has 0 aliphatic carbocycles. The summed E-state index contributed by atoms with van der Waals surface area (Å²) >= 11 is 6.20. The number of amides is 1. The molecule has 0 fully saturated rings. The monoisotopic (exact) mass is 516 g/mol. The molecule has 1 N–H and O–H groups in total. The van der Waals surface area contributed by atoms with Gasteiger partial charge in [-0.05, 0) is 48.9 Å². The highest BCUT2D eigenvalue weighted by molar-refractivity contribution is 7.92. The minimum Gasteiger partial charge on any atom is -0.490 e. The molecule has 0 aromatic heterocycles. The molecule has 12 heteroatoms. The zero-order chi connectivity index (χ0) is 25.6. The fourth-order valence-electron chi connectivity index (χ4n) is 3.16. The first-order valence-electron chi connectivity index (χ1n) is 10.1. The molecule has 0 heterocycles. The molecule has 0 radical (unpaired) electrons. The minimum atomic E-state index is -4.12. The van der Waals surface area contributed by atoms with Crippen molar-refractivity contribution >= 4 is 45.1 Å². The van der Waals surface area contributed by atoms with E-state index in [0.717, 1.165) is 4.31 Å². The van der Waals surface area contributed by atoms with Crippen molar-refractivity contribution in [3.8, 4) is 5.75 Å². The van der Waals surface area contributed by atoms with Gasteiger partial charge in [0.1, 0.15) is 6.54 Å². The Hall–Kier alpha value is -3.96. The number of carbonyl (C=O) groups is 1. The third-order valence-electron chi connectivity index (χ3n) is 4.93. The maximum absolute atomic E-state index is 13.4. The number of rotatable bonds is 9. The van der Waals surface area contributed by atoms with Gasteiger partial charge in [0.2, 0.25) is 0 Å². The molecule has 0 spiro atoms. The summed E-state index contributed by atoms with van der Waals surface area (Å²) in [7, 11) is -2.80. The van der Waals surface area contributed by atoms with Gasteiger partial charge in [-0.2, -0.15) is 5.10 Å². The highest BCUT2D eigenvalue weighted by Gasteiger charge is 2.28. The van der Waals surface area contributed by atoms with Gasteiger partial charge in [0.15, 0.2) is 5.75 Å². The van der Waals surface area contributed by atoms with Gasteiger partial charge in [0.05, 0.1) is 28.8 Å². The van der Waals surface area contributed by atoms with Gasteiger partial charge in [0, 0.05) is 16.7 Å². The van der Waals surface area contributed by atoms with E-state index in [2.05, 4.69) is 10.5 Å². The fourth-order valence-corrected chi connectivity index (χ4v) is 4.83. The Morgan fingerprint density at radius 3 is 2.54 bits per heavy atom. The first kappa shape index (κ1) is 25.7. The second kappa shape index (κ2) is 11.0. The molecule has 0 aliphatic heterocycles. The number of methoxy groups -OCH3 is 1. The van der Waals surface area contributed by atoms with Crippen LogP contribution in [0.25, 0.3) is 0 Å². The molecule has 0 unspecified atom stereocenters. The van der Waals surface area contributed by atoms with Crippen LogP contribution in [0.2, 0.25) is 5.02 Å². The molecule has 182 valence electrons. The van der Waals surface area contributed by atoms with Crippen LogP contribution in [0.3, 0.4) is 0 Å². The van der Waals surface area contributed by atoms with Gasteiger partial charge in [-0.1, -0.05) is 35.9 Å². The zero-order valence-corrected chi connectivity index (χ0v) is 20.3. The number of carbonyl (C=O) groups excluding carboxylic acids is 1. The third kappa shape index (κ3) is 5.94. The number of hydrogen-bond acceptors (Lipinski definition) is 7. The summed E-state index contributed by atoms with van der Waals surface area (Å²) in [5, 5.41) is 15.3. The molecule has 0 aliphatic rings. The lowest BCUT2D eigenvalue weighted by Crippen LogP contribution is -2.40. The standard InChI is InChI=1S/C23H21ClN4O6S/c1-16-19(24)9-6-10-20(16)27(35(32,33)18-7-4-3-5-8-18)15-23(29)26-25-14-17-11-12-22(34-2)21(13-17)28(30)31/h3-14H,15H2,1-2H3,(H,26,29)/b25-14-. The number of benzene rings is 3. The largest absolute Gasteiger partial charge is 0.490 e. The molecule has 1 amide bonds. The van der Waals surface area contributed by atoms with E-state index in [1.165, 1.54) is 43.7 Å². The Bertz CT molecular complexity index is 1380. The molecular formula is C23H21ClN4O6S. The van der Waals surface area contributed by atoms with Crippen molar-refractivity contribution in [3.63, 3.8) is 0 Å². The number of hydrogen-bond donors (Lipinski definition) is 1. The van der Waals surface area contributed by atoms with E-state index in [0.29, 0.717) is 16.1 Å². The number of nitrogens with one attached hydrogen (secondary N) is 1. The lowest BCUT2D eigenvalue weighted by molar-refractivity contribution is -0.385. The molecule has 0 saturated carbocycles. The average molecular weight is 517 g/mol. The predicted octanol–water partition coefficient (Wildman–Crippen LogP) is 3.91. The molecule has 0 atom stereocenters. The molecule has 10 nitrogen and oxygen atoms in total. The molecule has 0 bridgehead atoms. The van der Waals surface area contributed by atoms with Crippen molar-refractivity contribution in [1.82, 2.24) is 5.43 Å². The highest BCUT2D eigenvalue weighted by atomic mass is 35.5. The Labute approximate surface area is 207 Å². The maximum Gasteiger partial charge on any atom is 0.311 e. The number of nitrogens with zero attached hydrogens (tertiary/aromatic N) is 3. The number of hydrazone groups is 1. The predicted molar refractivity (Wildman–Crippen MR) is 133 cm³/mol. The zero-order valence-electron chi connectivity index (χ0n) is 18.7. The molecule has 35 heavy (non-hydrogen) atoms. The van der Waals surface area contributed by atoms with E-state index in [1.54, 1.807) is 43.3 Å². The topological polar surface area (TPSA) is 131 Å². The first-order valence-corrected chi connectivity index (χ1v) is 11.9. The number of anilines is 1. The van der Waals surface area contributed by atoms with Crippen LogP contribution in [0.1, 0.15) is 11.1 Å². The summed E-state index contributed by atoms with van der Waals surface area (Å²) in [5.74, 6) is -0.655. The van der Waals surface area contributed by atoms with E-state index in [9.17, 15) is 23.3 Å². The van der Waals surface area contributed by atoms with Gasteiger partial charge >= 0.3 is 5.69 Å². The van der Waals surface area contributed by atoms with Crippen molar-refractivity contribution in [2.45, 2.75) is 11.8 Å². The van der Waals surface area contributed by atoms with Crippen LogP contribution in [-0.2, 0) is 14.8 Å². The normalized spacial score (nSPS) is 11.3. The van der Waals surface area contributed by atoms with Crippen LogP contribution in [-0.4, -0.2) is 39.1 Å². The summed E-state index contributed by atoms with van der Waals surface area (Å²) in [4.78, 5) is 23.2. The summed E-state index contributed by atoms with van der Waals surface area (Å²) in [5.41, 5.74) is 3.05. The number of halogens is 1. The number of ether oxygens (including phenoxy) is 1. The van der Waals surface area contributed by atoms with Gasteiger partial charge in [-0.25, -0.2) is 13.8 Å². The van der Waals surface area contributed by atoms with E-state index in [-0.39, 0.29) is 22.0 Å². The summed E-state index contributed by atoms with van der Waals surface area (Å²) in [6.45, 7) is 1.07. The Kier molecular flexibility index (Phi) is 8.05. The highest BCUT2D eigenvalue weighted by Crippen LogP contribution is 2.31. The second-order valence-electron chi connectivity index (χ2n) is 7.19. The third-order valence-corrected chi connectivity index (χ3v) is 7.11. The SMILES string of the molecule is COc1ccc(/C=N\NC(=O)CN(c2cccc(Cl)c2C)S(=O)(=O)c2ccccc2)cc1[N+](=O)[O-]. The molecule has 0 saturated heterocycles. The van der Waals surface area contributed by atoms with Crippen LogP contribution in [0, 0.1) is 17.0 Å². The first-order chi connectivity index (χ1) is 16.6. The Balaban J connectivity index is 1.86. The summed E-state index contributed by atoms with van der Waals surface area (Å²) < 4.78 is 32.7. The molecule has 3 aromatic rings. The van der Waals surface area contributed by atoms with Crippen LogP contribution in [0.15, 0.2) is 76.7 Å². The van der Waals surface area contributed by atoms with Crippen molar-refractivity contribution in [3.05, 3.63) is 93.0 Å². The molecule has 3 rings (SSSR count). The van der Waals surface area contributed by atoms with E-state index < -0.39 is 27.4 Å². The smallest absolute Gasteiger partial charge is 0.311 e. The van der Waals surface area contributed by atoms with Gasteiger partial charge in [-0.3, -0.25) is 19.2 Å². The van der Waals surface area contributed by atoms with Gasteiger partial charge in [-0.15, -0.1) is 0 Å². The van der Waals surface area contributed by atoms with Crippen LogP contribution < -0.4 is 14.5 Å². The van der Waals surface area contributed by atoms with Crippen molar-refractivity contribution in [2.75, 3.05) is 18.0 Å². The van der Waals surface area contributed by atoms with Crippen molar-refractivity contribution < 1.29 is 22.9 Å². The van der Waals surface area contributed by atoms with E-state index >= 15 is 0 Å². The molecular weight excluding hydrogens is 496 g/mol. The minimum absolute atomic E-state index is 0.00113. The van der Waals surface area contributed by atoms with Crippen molar-refractivity contribution in [1.29, 1.82) is 0 Å². The van der Waals surface area contributed by atoms with E-state index in [4.69, 9.17) is 16.3 Å². The fraction of sp³-hybridized carbons (Fsp3) is 0.130. The lowest BCUT2D eigenvalue weighted by Gasteiger charge is -2.25. The van der Waals surface area contributed by atoms with Crippen LogP contribution >= 0.6 is 11.6 Å². The summed E-state index contributed by atoms with van der Waals surface area (Å²) in [6, 6.07) is 16.6. The second-order valence-corrected chi connectivity index (χ2v) is 9.46. The van der Waals surface area contributed by atoms with Gasteiger partial charge < -0.3 is 4.74 Å². The quantitative estimate of drug-likeness (QED) is 0.260. The number of sulfonamides is 1. The Morgan fingerprint density at radius 2 is 1.89 bits per heavy atom. The van der Waals surface area contributed by atoms with Crippen LogP contribution in [0.4, 0.5) is 11.4 Å². The van der Waals surface area contributed by atoms with Gasteiger partial charge in [0.25, 0.3) is 15.9 Å². The molecule has 3 aromatic carbocycles. The maximum atomic E-state index is 13.4. The van der Waals surface area contributed by atoms with E-state index in [1.807, 2.05) is 0 Å². The average Bonchev–Trinajstić information content (AvgIpc) is 2.85. The van der Waals surface area contributed by atoms with Crippen molar-refractivity contribution in [2.24, 2.45) is 5.10 Å². The van der Waals surface area contributed by atoms with Crippen LogP contribution in [0.5, 0.6) is 5.75 Å². The number of nitro groups is 1. The Morgan fingerprint density at radius 1 is 1.17 bits per heavy atom. The lowest BCUT2D eigenvalue weighted by atomic mass is 10.2. The summed E-state index contributed by atoms with van der Waals surface area (Å²) in [6.07, 6.45) is 1.20. The number of nitro benzene ring substituents is 1.